The van der Waals surface area contributed by atoms with Crippen molar-refractivity contribution >= 4 is 16.5 Å². The quantitative estimate of drug-likeness (QED) is 0.919. The molecule has 2 aromatic heterocycles. The Hall–Kier alpha value is -1.51. The van der Waals surface area contributed by atoms with Gasteiger partial charge in [0, 0.05) is 38.0 Å². The summed E-state index contributed by atoms with van der Waals surface area (Å²) in [6, 6.07) is 0. The number of nitrogen functional groups attached to an aromatic ring is 1. The molecule has 20 heavy (non-hydrogen) atoms. The number of thiazole rings is 1. The van der Waals surface area contributed by atoms with Crippen molar-refractivity contribution in [3.63, 3.8) is 0 Å². The highest BCUT2D eigenvalue weighted by molar-refractivity contribution is 7.13. The largest absolute Gasteiger partial charge is 0.381 e. The molecule has 2 N–H and O–H groups in total. The monoisotopic (exact) mass is 296 g/mol. The number of hydrogen-bond acceptors (Lipinski definition) is 8. The zero-order valence-electron chi connectivity index (χ0n) is 11.2. The van der Waals surface area contributed by atoms with Gasteiger partial charge in [-0.05, 0) is 6.92 Å². The number of aromatic nitrogens is 3. The zero-order chi connectivity index (χ0) is 14.0. The van der Waals surface area contributed by atoms with Crippen LogP contribution in [0.4, 0.5) is 5.13 Å². The molecule has 108 valence electrons. The topological polar surface area (TPSA) is 96.3 Å². The minimum Gasteiger partial charge on any atom is -0.381 e. The van der Waals surface area contributed by atoms with Crippen LogP contribution < -0.4 is 5.73 Å². The number of anilines is 1. The van der Waals surface area contributed by atoms with Gasteiger partial charge in [0.25, 0.3) is 5.89 Å². The number of nitrogens with zero attached hydrogens (tertiary/aromatic N) is 3. The lowest BCUT2D eigenvalue weighted by Gasteiger charge is -2.33. The smallest absolute Gasteiger partial charge is 0.277 e. The van der Waals surface area contributed by atoms with Gasteiger partial charge in [-0.3, -0.25) is 0 Å². The molecular formula is C12H16N4O3S. The minimum atomic E-state index is -0.518. The number of ether oxygens (including phenoxy) is 2. The third-order valence-electron chi connectivity index (χ3n) is 3.30. The van der Waals surface area contributed by atoms with Gasteiger partial charge in [-0.1, -0.05) is 5.16 Å². The van der Waals surface area contributed by atoms with Crippen molar-refractivity contribution < 1.29 is 14.0 Å². The van der Waals surface area contributed by atoms with E-state index in [9.17, 15) is 0 Å². The van der Waals surface area contributed by atoms with E-state index in [4.69, 9.17) is 19.7 Å². The molecule has 0 radical (unpaired) electrons. The van der Waals surface area contributed by atoms with Gasteiger partial charge in [-0.25, -0.2) is 4.98 Å². The molecule has 8 heteroatoms. The van der Waals surface area contributed by atoms with Crippen LogP contribution in [0.1, 0.15) is 25.6 Å². The first-order valence-electron chi connectivity index (χ1n) is 6.51. The fraction of sp³-hybridized carbons (Fsp3) is 0.583. The maximum absolute atomic E-state index is 5.90. The second-order valence-electron chi connectivity index (χ2n) is 4.53. The van der Waals surface area contributed by atoms with Crippen molar-refractivity contribution in [3.05, 3.63) is 11.2 Å². The van der Waals surface area contributed by atoms with Gasteiger partial charge < -0.3 is 19.7 Å². The standard InChI is InChI=1S/C12H16N4O3S/c1-2-18-12(3-5-17-6-4-12)10-15-9(19-16-10)8-7-20-11(13)14-8/h7H,2-6H2,1H3,(H2,13,14). The summed E-state index contributed by atoms with van der Waals surface area (Å²) >= 11 is 1.34. The fourth-order valence-corrected chi connectivity index (χ4v) is 2.85. The van der Waals surface area contributed by atoms with Crippen LogP contribution in [0.25, 0.3) is 11.6 Å². The summed E-state index contributed by atoms with van der Waals surface area (Å²) in [5.41, 5.74) is 5.70. The Kier molecular flexibility index (Phi) is 3.68. The predicted octanol–water partition coefficient (Wildman–Crippen LogP) is 1.82. The molecular weight excluding hydrogens is 280 g/mol. The fourth-order valence-electron chi connectivity index (χ4n) is 2.31. The third kappa shape index (κ3) is 2.41. The van der Waals surface area contributed by atoms with Gasteiger partial charge in [0.1, 0.15) is 11.3 Å². The summed E-state index contributed by atoms with van der Waals surface area (Å²) in [4.78, 5) is 8.58. The van der Waals surface area contributed by atoms with Crippen molar-refractivity contribution in [2.75, 3.05) is 25.6 Å². The van der Waals surface area contributed by atoms with Gasteiger partial charge in [0.05, 0.1) is 0 Å². The second-order valence-corrected chi connectivity index (χ2v) is 5.42. The SMILES string of the molecule is CCOC1(c2noc(-c3csc(N)n3)n2)CCOCC1. The van der Waals surface area contributed by atoms with Crippen LogP contribution in [0.3, 0.4) is 0 Å². The van der Waals surface area contributed by atoms with Crippen molar-refractivity contribution in [3.8, 4) is 11.6 Å². The van der Waals surface area contributed by atoms with Crippen LogP contribution >= 0.6 is 11.3 Å². The molecule has 1 fully saturated rings. The Bertz CT molecular complexity index is 571. The maximum atomic E-state index is 5.90. The van der Waals surface area contributed by atoms with Crippen molar-refractivity contribution in [2.45, 2.75) is 25.4 Å². The Balaban J connectivity index is 1.90. The molecule has 2 aromatic rings. The van der Waals surface area contributed by atoms with Crippen LogP contribution in [0.15, 0.2) is 9.90 Å². The summed E-state index contributed by atoms with van der Waals surface area (Å²) < 4.78 is 16.6. The Morgan fingerprint density at radius 1 is 1.40 bits per heavy atom. The van der Waals surface area contributed by atoms with E-state index in [1.807, 2.05) is 6.92 Å². The van der Waals surface area contributed by atoms with E-state index < -0.39 is 5.60 Å². The molecule has 1 saturated heterocycles. The summed E-state index contributed by atoms with van der Waals surface area (Å²) in [6.07, 6.45) is 1.44. The highest BCUT2D eigenvalue weighted by Crippen LogP contribution is 2.35. The van der Waals surface area contributed by atoms with Crippen LogP contribution in [0, 0.1) is 0 Å². The van der Waals surface area contributed by atoms with Crippen LogP contribution in [0.2, 0.25) is 0 Å². The first-order valence-corrected chi connectivity index (χ1v) is 7.39. The second kappa shape index (κ2) is 5.47. The molecule has 1 aliphatic rings. The summed E-state index contributed by atoms with van der Waals surface area (Å²) in [5, 5.41) is 6.35. The van der Waals surface area contributed by atoms with Crippen molar-refractivity contribution in [1.29, 1.82) is 0 Å². The Morgan fingerprint density at radius 3 is 2.85 bits per heavy atom. The molecule has 0 unspecified atom stereocenters. The summed E-state index contributed by atoms with van der Waals surface area (Å²) in [7, 11) is 0. The van der Waals surface area contributed by atoms with E-state index in [0.717, 1.165) is 12.8 Å². The first kappa shape index (κ1) is 13.5. The molecule has 0 atom stereocenters. The van der Waals surface area contributed by atoms with E-state index in [1.165, 1.54) is 11.3 Å². The molecule has 0 saturated carbocycles. The lowest BCUT2D eigenvalue weighted by Crippen LogP contribution is -2.37. The lowest BCUT2D eigenvalue weighted by molar-refractivity contribution is -0.118. The van der Waals surface area contributed by atoms with Gasteiger partial charge >= 0.3 is 0 Å². The van der Waals surface area contributed by atoms with Gasteiger partial charge in [0.15, 0.2) is 5.13 Å². The van der Waals surface area contributed by atoms with Crippen molar-refractivity contribution in [1.82, 2.24) is 15.1 Å². The van der Waals surface area contributed by atoms with E-state index in [-0.39, 0.29) is 0 Å². The van der Waals surface area contributed by atoms with E-state index in [0.29, 0.717) is 42.4 Å². The number of rotatable bonds is 4. The maximum Gasteiger partial charge on any atom is 0.277 e. The molecule has 0 aromatic carbocycles. The minimum absolute atomic E-state index is 0.374. The summed E-state index contributed by atoms with van der Waals surface area (Å²) in [6.45, 7) is 3.81. The first-order chi connectivity index (χ1) is 9.73. The van der Waals surface area contributed by atoms with Gasteiger partial charge in [0.2, 0.25) is 5.82 Å². The Morgan fingerprint density at radius 2 is 2.20 bits per heavy atom. The average Bonchev–Trinajstić information content (AvgIpc) is 3.09. The Labute approximate surface area is 120 Å². The van der Waals surface area contributed by atoms with Gasteiger partial charge in [-0.15, -0.1) is 11.3 Å². The number of hydrogen-bond donors (Lipinski definition) is 1. The van der Waals surface area contributed by atoms with E-state index >= 15 is 0 Å². The molecule has 1 aliphatic heterocycles. The van der Waals surface area contributed by atoms with Crippen LogP contribution in [0.5, 0.6) is 0 Å². The normalized spacial score (nSPS) is 18.2. The van der Waals surface area contributed by atoms with Crippen LogP contribution in [-0.2, 0) is 15.1 Å². The van der Waals surface area contributed by atoms with Crippen molar-refractivity contribution in [2.24, 2.45) is 0 Å². The predicted molar refractivity (Wildman–Crippen MR) is 73.2 cm³/mol. The molecule has 0 bridgehead atoms. The number of nitrogens with two attached hydrogens (primary N) is 1. The average molecular weight is 296 g/mol. The third-order valence-corrected chi connectivity index (χ3v) is 3.97. The molecule has 0 amide bonds. The molecule has 3 rings (SSSR count). The molecule has 0 aliphatic carbocycles. The van der Waals surface area contributed by atoms with E-state index in [1.54, 1.807) is 5.38 Å². The van der Waals surface area contributed by atoms with Gasteiger partial charge in [-0.2, -0.15) is 4.98 Å². The van der Waals surface area contributed by atoms with E-state index in [2.05, 4.69) is 15.1 Å². The highest BCUT2D eigenvalue weighted by Gasteiger charge is 2.40. The summed E-state index contributed by atoms with van der Waals surface area (Å²) in [5.74, 6) is 0.933. The molecule has 0 spiro atoms. The zero-order valence-corrected chi connectivity index (χ0v) is 12.0. The molecule has 7 nitrogen and oxygen atoms in total. The highest BCUT2D eigenvalue weighted by atomic mass is 32.1. The van der Waals surface area contributed by atoms with Crippen LogP contribution in [-0.4, -0.2) is 34.9 Å². The lowest BCUT2D eigenvalue weighted by atomic mass is 9.93. The molecule has 3 heterocycles.